The highest BCUT2D eigenvalue weighted by Gasteiger charge is 2.32. The van der Waals surface area contributed by atoms with Gasteiger partial charge in [0.2, 0.25) is 5.91 Å². The van der Waals surface area contributed by atoms with E-state index < -0.39 is 0 Å². The normalized spacial score (nSPS) is 25.0. The Hall–Kier alpha value is -1.68. The van der Waals surface area contributed by atoms with Crippen molar-refractivity contribution in [1.82, 2.24) is 5.32 Å². The minimum absolute atomic E-state index is 0.00866. The molecule has 1 amide bonds. The van der Waals surface area contributed by atoms with Gasteiger partial charge in [-0.25, -0.2) is 0 Å². The average Bonchev–Trinajstić information content (AvgIpc) is 2.46. The predicted molar refractivity (Wildman–Crippen MR) is 85.7 cm³/mol. The number of carbonyl (C=O) groups is 2. The number of benzene rings is 1. The summed E-state index contributed by atoms with van der Waals surface area (Å²) < 4.78 is 6.22. The van der Waals surface area contributed by atoms with Gasteiger partial charge in [0.25, 0.3) is 0 Å². The Balaban J connectivity index is 2.22. The molecule has 1 heterocycles. The lowest BCUT2D eigenvalue weighted by atomic mass is 9.89. The molecule has 0 saturated carbocycles. The van der Waals surface area contributed by atoms with Crippen molar-refractivity contribution in [2.75, 3.05) is 0 Å². The highest BCUT2D eigenvalue weighted by atomic mass is 16.5. The van der Waals surface area contributed by atoms with Gasteiger partial charge >= 0.3 is 0 Å². The van der Waals surface area contributed by atoms with Crippen LogP contribution in [-0.2, 0) is 9.53 Å². The fourth-order valence-electron chi connectivity index (χ4n) is 2.96. The Bertz CT molecular complexity index is 553. The van der Waals surface area contributed by atoms with Crippen LogP contribution >= 0.6 is 0 Å². The average molecular weight is 303 g/mol. The fraction of sp³-hybridized carbons (Fsp3) is 0.556. The second-order valence-corrected chi connectivity index (χ2v) is 6.46. The van der Waals surface area contributed by atoms with E-state index in [9.17, 15) is 9.59 Å². The van der Waals surface area contributed by atoms with Gasteiger partial charge in [-0.1, -0.05) is 32.0 Å². The van der Waals surface area contributed by atoms with E-state index in [0.717, 1.165) is 18.4 Å². The van der Waals surface area contributed by atoms with Crippen LogP contribution in [0.4, 0.5) is 0 Å². The molecule has 1 saturated heterocycles. The minimum Gasteiger partial charge on any atom is -0.370 e. The highest BCUT2D eigenvalue weighted by molar-refractivity contribution is 5.94. The van der Waals surface area contributed by atoms with E-state index >= 15 is 0 Å². The van der Waals surface area contributed by atoms with Crippen LogP contribution in [-0.4, -0.2) is 23.8 Å². The molecule has 0 aliphatic carbocycles. The molecule has 3 atom stereocenters. The molecular formula is C18H25NO3. The molecule has 0 spiro atoms. The van der Waals surface area contributed by atoms with Gasteiger partial charge in [-0.05, 0) is 37.3 Å². The smallest absolute Gasteiger partial charge is 0.217 e. The van der Waals surface area contributed by atoms with Crippen molar-refractivity contribution in [1.29, 1.82) is 0 Å². The third-order valence-corrected chi connectivity index (χ3v) is 4.17. The zero-order chi connectivity index (χ0) is 16.3. The van der Waals surface area contributed by atoms with Crippen molar-refractivity contribution in [2.24, 2.45) is 5.92 Å². The lowest BCUT2D eigenvalue weighted by Gasteiger charge is -2.38. The number of hydrogen-bond acceptors (Lipinski definition) is 3. The maximum atomic E-state index is 11.6. The summed E-state index contributed by atoms with van der Waals surface area (Å²) in [5.74, 6) is 0.428. The number of ketones is 1. The largest absolute Gasteiger partial charge is 0.370 e. The Morgan fingerprint density at radius 3 is 2.55 bits per heavy atom. The first-order valence-electron chi connectivity index (χ1n) is 7.90. The van der Waals surface area contributed by atoms with Crippen LogP contribution in [0.5, 0.6) is 0 Å². The summed E-state index contributed by atoms with van der Waals surface area (Å²) in [4.78, 5) is 22.9. The van der Waals surface area contributed by atoms with Crippen molar-refractivity contribution >= 4 is 11.7 Å². The van der Waals surface area contributed by atoms with Gasteiger partial charge in [0.15, 0.2) is 5.78 Å². The van der Waals surface area contributed by atoms with Crippen molar-refractivity contribution in [3.8, 4) is 0 Å². The van der Waals surface area contributed by atoms with Gasteiger partial charge in [-0.15, -0.1) is 0 Å². The third-order valence-electron chi connectivity index (χ3n) is 4.17. The number of carbonyl (C=O) groups excluding carboxylic acids is 2. The van der Waals surface area contributed by atoms with Crippen molar-refractivity contribution < 1.29 is 14.3 Å². The molecular weight excluding hydrogens is 278 g/mol. The van der Waals surface area contributed by atoms with Crippen molar-refractivity contribution in [2.45, 2.75) is 58.8 Å². The molecule has 1 N–H and O–H groups in total. The van der Waals surface area contributed by atoms with Crippen molar-refractivity contribution in [3.05, 3.63) is 35.4 Å². The lowest BCUT2D eigenvalue weighted by molar-refractivity contribution is -0.123. The Morgan fingerprint density at radius 1 is 1.23 bits per heavy atom. The van der Waals surface area contributed by atoms with Gasteiger partial charge in [-0.2, -0.15) is 0 Å². The molecule has 0 bridgehead atoms. The SMILES string of the molecule is CC(=O)N[C@H]1C[C@@H](c2cccc(C(C)=O)c2)O[C@@H](C(C)C)C1. The second-order valence-electron chi connectivity index (χ2n) is 6.46. The molecule has 1 aromatic carbocycles. The first kappa shape index (κ1) is 16.7. The quantitative estimate of drug-likeness (QED) is 0.869. The topological polar surface area (TPSA) is 55.4 Å². The Morgan fingerprint density at radius 2 is 1.95 bits per heavy atom. The first-order valence-corrected chi connectivity index (χ1v) is 7.90. The second kappa shape index (κ2) is 7.05. The zero-order valence-corrected chi connectivity index (χ0v) is 13.8. The van der Waals surface area contributed by atoms with E-state index in [0.29, 0.717) is 11.5 Å². The summed E-state index contributed by atoms with van der Waals surface area (Å²) in [6.45, 7) is 7.37. The van der Waals surface area contributed by atoms with Crippen LogP contribution in [0.3, 0.4) is 0 Å². The molecule has 2 rings (SSSR count). The molecule has 120 valence electrons. The maximum absolute atomic E-state index is 11.6. The van der Waals surface area contributed by atoms with Gasteiger partial charge in [0.05, 0.1) is 12.2 Å². The summed E-state index contributed by atoms with van der Waals surface area (Å²) >= 11 is 0. The molecule has 1 aliphatic heterocycles. The number of amides is 1. The molecule has 0 radical (unpaired) electrons. The molecule has 1 aliphatic rings. The fourth-order valence-corrected chi connectivity index (χ4v) is 2.96. The monoisotopic (exact) mass is 303 g/mol. The first-order chi connectivity index (χ1) is 10.4. The van der Waals surface area contributed by atoms with Crippen molar-refractivity contribution in [3.63, 3.8) is 0 Å². The molecule has 4 heteroatoms. The van der Waals surface area contributed by atoms with E-state index in [1.807, 2.05) is 24.3 Å². The zero-order valence-electron chi connectivity index (χ0n) is 13.8. The maximum Gasteiger partial charge on any atom is 0.217 e. The van der Waals surface area contributed by atoms with E-state index in [4.69, 9.17) is 4.74 Å². The van der Waals surface area contributed by atoms with Gasteiger partial charge < -0.3 is 10.1 Å². The summed E-state index contributed by atoms with van der Waals surface area (Å²) in [6.07, 6.45) is 1.60. The lowest BCUT2D eigenvalue weighted by Crippen LogP contribution is -2.43. The molecule has 4 nitrogen and oxygen atoms in total. The number of ether oxygens (including phenoxy) is 1. The van der Waals surface area contributed by atoms with Crippen LogP contribution in [0, 0.1) is 5.92 Å². The van der Waals surface area contributed by atoms with Crippen LogP contribution in [0.1, 0.15) is 62.6 Å². The third kappa shape index (κ3) is 4.17. The minimum atomic E-state index is -0.0858. The highest BCUT2D eigenvalue weighted by Crippen LogP contribution is 2.34. The van der Waals surface area contributed by atoms with E-state index in [1.165, 1.54) is 0 Å². The number of Topliss-reactive ketones (excluding diaryl/α,β-unsaturated/α-hetero) is 1. The predicted octanol–water partition coefficient (Wildman–Crippen LogP) is 3.27. The van der Waals surface area contributed by atoms with Crippen LogP contribution in [0.15, 0.2) is 24.3 Å². The van der Waals surface area contributed by atoms with E-state index in [2.05, 4.69) is 19.2 Å². The van der Waals surface area contributed by atoms with Gasteiger partial charge in [-0.3, -0.25) is 9.59 Å². The summed E-state index contributed by atoms with van der Waals surface area (Å²) in [7, 11) is 0. The number of hydrogen-bond donors (Lipinski definition) is 1. The van der Waals surface area contributed by atoms with Gasteiger partial charge in [0, 0.05) is 18.5 Å². The van der Waals surface area contributed by atoms with E-state index in [-0.39, 0.29) is 29.9 Å². The standard InChI is InChI=1S/C18H25NO3/c1-11(2)17-9-16(19-13(4)21)10-18(22-17)15-7-5-6-14(8-15)12(3)20/h5-8,11,16-18H,9-10H2,1-4H3,(H,19,21)/t16-,17-,18+/m1/s1. The Labute approximate surface area is 132 Å². The Kier molecular flexibility index (Phi) is 5.35. The van der Waals surface area contributed by atoms with Crippen LogP contribution in [0.25, 0.3) is 0 Å². The van der Waals surface area contributed by atoms with Gasteiger partial charge in [0.1, 0.15) is 0 Å². The molecule has 0 aromatic heterocycles. The number of rotatable bonds is 4. The summed E-state index contributed by atoms with van der Waals surface area (Å²) in [5, 5.41) is 3.02. The number of nitrogens with one attached hydrogen (secondary N) is 1. The van der Waals surface area contributed by atoms with E-state index in [1.54, 1.807) is 13.8 Å². The summed E-state index contributed by atoms with van der Waals surface area (Å²) in [6, 6.07) is 7.72. The molecule has 1 fully saturated rings. The molecule has 22 heavy (non-hydrogen) atoms. The van der Waals surface area contributed by atoms with Crippen LogP contribution in [0.2, 0.25) is 0 Å². The molecule has 0 unspecified atom stereocenters. The summed E-state index contributed by atoms with van der Waals surface area (Å²) in [5.41, 5.74) is 1.71. The van der Waals surface area contributed by atoms with Crippen LogP contribution < -0.4 is 5.32 Å². The molecule has 1 aromatic rings.